The Morgan fingerprint density at radius 1 is 1.53 bits per heavy atom. The molecule has 7 heteroatoms. The highest BCUT2D eigenvalue weighted by Gasteiger charge is 2.30. The largest absolute Gasteiger partial charge is 0.480 e. The monoisotopic (exact) mass is 218 g/mol. The highest BCUT2D eigenvalue weighted by molar-refractivity contribution is 5.87. The minimum Gasteiger partial charge on any atom is -0.480 e. The summed E-state index contributed by atoms with van der Waals surface area (Å²) in [5.41, 5.74) is 0. The van der Waals surface area contributed by atoms with Crippen molar-refractivity contribution in [2.45, 2.75) is 24.6 Å². The molecule has 0 aromatic heterocycles. The molecule has 0 aromatic carbocycles. The number of carbonyl (C=O) groups is 2. The third-order valence-corrected chi connectivity index (χ3v) is 2.22. The van der Waals surface area contributed by atoms with Crippen molar-refractivity contribution in [1.82, 2.24) is 10.6 Å². The van der Waals surface area contributed by atoms with Gasteiger partial charge in [0.1, 0.15) is 6.04 Å². The van der Waals surface area contributed by atoms with Gasteiger partial charge in [0.2, 0.25) is 5.91 Å². The first kappa shape index (κ1) is 11.9. The van der Waals surface area contributed by atoms with Gasteiger partial charge in [-0.25, -0.2) is 4.79 Å². The van der Waals surface area contributed by atoms with Gasteiger partial charge < -0.3 is 26.0 Å². The molecule has 0 bridgehead atoms. The summed E-state index contributed by atoms with van der Waals surface area (Å²) in [5, 5.41) is 31.3. The summed E-state index contributed by atoms with van der Waals surface area (Å²) in [5.74, 6) is -1.81. The first-order chi connectivity index (χ1) is 7.04. The Morgan fingerprint density at radius 3 is 2.60 bits per heavy atom. The SMILES string of the molecule is O=C(N[C@@H](CO)C(=O)O)C1C[C@H](O)CN1. The molecule has 1 aliphatic rings. The minimum atomic E-state index is -1.29. The number of nitrogens with one attached hydrogen (secondary N) is 2. The Labute approximate surface area is 86.1 Å². The molecule has 0 aromatic rings. The molecule has 7 nitrogen and oxygen atoms in total. The second-order valence-corrected chi connectivity index (χ2v) is 3.43. The fourth-order valence-corrected chi connectivity index (χ4v) is 1.37. The molecule has 0 spiro atoms. The summed E-state index contributed by atoms with van der Waals surface area (Å²) < 4.78 is 0. The van der Waals surface area contributed by atoms with Gasteiger partial charge in [-0.3, -0.25) is 4.79 Å². The molecular weight excluding hydrogens is 204 g/mol. The summed E-state index contributed by atoms with van der Waals surface area (Å²) in [6, 6.07) is -1.88. The van der Waals surface area contributed by atoms with Gasteiger partial charge in [0.15, 0.2) is 0 Å². The molecule has 1 unspecified atom stereocenters. The molecule has 1 rings (SSSR count). The van der Waals surface area contributed by atoms with Crippen LogP contribution < -0.4 is 10.6 Å². The second kappa shape index (κ2) is 5.06. The average Bonchev–Trinajstić information content (AvgIpc) is 2.60. The third kappa shape index (κ3) is 3.15. The standard InChI is InChI=1S/C8H14N2O5/c11-3-6(8(14)15)10-7(13)5-1-4(12)2-9-5/h4-6,9,11-12H,1-3H2,(H,10,13)(H,14,15)/t4-,5?,6-/m0/s1. The van der Waals surface area contributed by atoms with E-state index in [0.717, 1.165) is 0 Å². The number of amides is 1. The van der Waals surface area contributed by atoms with E-state index in [1.54, 1.807) is 0 Å². The van der Waals surface area contributed by atoms with Crippen molar-refractivity contribution >= 4 is 11.9 Å². The third-order valence-electron chi connectivity index (χ3n) is 2.22. The zero-order valence-corrected chi connectivity index (χ0v) is 8.01. The second-order valence-electron chi connectivity index (χ2n) is 3.43. The van der Waals surface area contributed by atoms with Crippen LogP contribution in [0.25, 0.3) is 0 Å². The van der Waals surface area contributed by atoms with Gasteiger partial charge in [-0.15, -0.1) is 0 Å². The van der Waals surface area contributed by atoms with Gasteiger partial charge in [0, 0.05) is 6.54 Å². The number of aliphatic carboxylic acids is 1. The smallest absolute Gasteiger partial charge is 0.328 e. The predicted molar refractivity (Wildman–Crippen MR) is 49.1 cm³/mol. The normalized spacial score (nSPS) is 27.3. The number of carboxylic acids is 1. The summed E-state index contributed by atoms with van der Waals surface area (Å²) >= 11 is 0. The number of β-amino-alcohol motifs (C(OH)–C–C–N with tert-alkyl or cyclic N) is 1. The van der Waals surface area contributed by atoms with Gasteiger partial charge >= 0.3 is 5.97 Å². The molecule has 1 aliphatic heterocycles. The fourth-order valence-electron chi connectivity index (χ4n) is 1.37. The number of hydrogen-bond donors (Lipinski definition) is 5. The van der Waals surface area contributed by atoms with Crippen molar-refractivity contribution in [2.75, 3.05) is 13.2 Å². The van der Waals surface area contributed by atoms with Crippen molar-refractivity contribution in [3.8, 4) is 0 Å². The first-order valence-electron chi connectivity index (χ1n) is 4.60. The highest BCUT2D eigenvalue weighted by atomic mass is 16.4. The van der Waals surface area contributed by atoms with Crippen LogP contribution in [-0.2, 0) is 9.59 Å². The molecule has 5 N–H and O–H groups in total. The molecule has 1 heterocycles. The lowest BCUT2D eigenvalue weighted by Crippen LogP contribution is -2.49. The Morgan fingerprint density at radius 2 is 2.20 bits per heavy atom. The number of hydrogen-bond acceptors (Lipinski definition) is 5. The van der Waals surface area contributed by atoms with Gasteiger partial charge in [-0.1, -0.05) is 0 Å². The lowest BCUT2D eigenvalue weighted by molar-refractivity contribution is -0.143. The zero-order valence-electron chi connectivity index (χ0n) is 8.01. The topological polar surface area (TPSA) is 119 Å². The van der Waals surface area contributed by atoms with E-state index in [2.05, 4.69) is 10.6 Å². The van der Waals surface area contributed by atoms with Crippen LogP contribution in [-0.4, -0.2) is 58.5 Å². The maximum atomic E-state index is 11.4. The van der Waals surface area contributed by atoms with Crippen molar-refractivity contribution < 1.29 is 24.9 Å². The fraction of sp³-hybridized carbons (Fsp3) is 0.750. The first-order valence-corrected chi connectivity index (χ1v) is 4.60. The molecule has 0 aliphatic carbocycles. The molecule has 1 amide bonds. The van der Waals surface area contributed by atoms with Gasteiger partial charge in [-0.05, 0) is 6.42 Å². The maximum absolute atomic E-state index is 11.4. The van der Waals surface area contributed by atoms with Crippen LogP contribution in [0.15, 0.2) is 0 Å². The Balaban J connectivity index is 2.44. The Kier molecular flexibility index (Phi) is 4.01. The Hall–Kier alpha value is -1.18. The van der Waals surface area contributed by atoms with Crippen molar-refractivity contribution in [3.63, 3.8) is 0 Å². The molecule has 0 radical (unpaired) electrons. The lowest BCUT2D eigenvalue weighted by Gasteiger charge is -2.15. The zero-order chi connectivity index (χ0) is 11.4. The van der Waals surface area contributed by atoms with Crippen LogP contribution >= 0.6 is 0 Å². The molecule has 0 saturated carbocycles. The number of rotatable bonds is 4. The van der Waals surface area contributed by atoms with E-state index < -0.39 is 36.7 Å². The summed E-state index contributed by atoms with van der Waals surface area (Å²) in [4.78, 5) is 21.9. The quantitative estimate of drug-likeness (QED) is 0.349. The van der Waals surface area contributed by atoms with Crippen molar-refractivity contribution in [3.05, 3.63) is 0 Å². The van der Waals surface area contributed by atoms with Crippen LogP contribution in [0.3, 0.4) is 0 Å². The lowest BCUT2D eigenvalue weighted by atomic mass is 10.2. The van der Waals surface area contributed by atoms with E-state index in [4.69, 9.17) is 15.3 Å². The van der Waals surface area contributed by atoms with Crippen LogP contribution in [0.2, 0.25) is 0 Å². The van der Waals surface area contributed by atoms with Crippen LogP contribution in [0.1, 0.15) is 6.42 Å². The van der Waals surface area contributed by atoms with Crippen molar-refractivity contribution in [1.29, 1.82) is 0 Å². The maximum Gasteiger partial charge on any atom is 0.328 e. The summed E-state index contributed by atoms with van der Waals surface area (Å²) in [7, 11) is 0. The van der Waals surface area contributed by atoms with Crippen LogP contribution in [0, 0.1) is 0 Å². The molecule has 1 saturated heterocycles. The molecule has 15 heavy (non-hydrogen) atoms. The Bertz CT molecular complexity index is 257. The molecule has 3 atom stereocenters. The van der Waals surface area contributed by atoms with E-state index in [0.29, 0.717) is 6.54 Å². The average molecular weight is 218 g/mol. The van der Waals surface area contributed by atoms with Gasteiger partial charge in [0.05, 0.1) is 18.8 Å². The van der Waals surface area contributed by atoms with E-state index in [9.17, 15) is 9.59 Å². The van der Waals surface area contributed by atoms with E-state index >= 15 is 0 Å². The van der Waals surface area contributed by atoms with Crippen molar-refractivity contribution in [2.24, 2.45) is 0 Å². The number of carbonyl (C=O) groups excluding carboxylic acids is 1. The van der Waals surface area contributed by atoms with Crippen LogP contribution in [0.4, 0.5) is 0 Å². The number of aliphatic hydroxyl groups excluding tert-OH is 2. The van der Waals surface area contributed by atoms with E-state index in [1.807, 2.05) is 0 Å². The molecule has 86 valence electrons. The van der Waals surface area contributed by atoms with E-state index in [1.165, 1.54) is 0 Å². The number of carboxylic acid groups (broad SMARTS) is 1. The molecular formula is C8H14N2O5. The van der Waals surface area contributed by atoms with Crippen LogP contribution in [0.5, 0.6) is 0 Å². The molecule has 1 fully saturated rings. The minimum absolute atomic E-state index is 0.254. The number of aliphatic hydroxyl groups is 2. The van der Waals surface area contributed by atoms with E-state index in [-0.39, 0.29) is 6.42 Å². The predicted octanol–water partition coefficient (Wildman–Crippen LogP) is -2.73. The highest BCUT2D eigenvalue weighted by Crippen LogP contribution is 2.06. The van der Waals surface area contributed by atoms with Gasteiger partial charge in [-0.2, -0.15) is 0 Å². The summed E-state index contributed by atoms with van der Waals surface area (Å²) in [6.07, 6.45) is -0.331. The summed E-state index contributed by atoms with van der Waals surface area (Å²) in [6.45, 7) is -0.342. The van der Waals surface area contributed by atoms with Gasteiger partial charge in [0.25, 0.3) is 0 Å².